The van der Waals surface area contributed by atoms with Crippen LogP contribution >= 0.6 is 0 Å². The number of H-pyrrole nitrogens is 1. The molecule has 1 aromatic carbocycles. The molecule has 0 aliphatic heterocycles. The molecule has 1 aromatic heterocycles. The first-order valence-electron chi connectivity index (χ1n) is 11.6. The molecule has 0 fully saturated rings. The van der Waals surface area contributed by atoms with Crippen molar-refractivity contribution in [1.82, 2.24) is 4.98 Å². The van der Waals surface area contributed by atoms with E-state index in [1.807, 2.05) is 0 Å². The normalized spacial score (nSPS) is 11.2. The van der Waals surface area contributed by atoms with E-state index in [2.05, 4.69) is 55.2 Å². The molecule has 0 saturated heterocycles. The van der Waals surface area contributed by atoms with E-state index in [1.54, 1.807) is 0 Å². The highest BCUT2D eigenvalue weighted by atomic mass is 14.7. The third kappa shape index (κ3) is 8.37. The number of aryl methyl sites for hydroxylation is 2. The van der Waals surface area contributed by atoms with Crippen molar-refractivity contribution in [3.8, 4) is 11.1 Å². The van der Waals surface area contributed by atoms with E-state index in [0.717, 1.165) is 0 Å². The van der Waals surface area contributed by atoms with Gasteiger partial charge in [-0.05, 0) is 37.3 Å². The molecule has 1 heteroatoms. The van der Waals surface area contributed by atoms with Gasteiger partial charge < -0.3 is 4.98 Å². The van der Waals surface area contributed by atoms with Crippen LogP contribution < -0.4 is 0 Å². The number of rotatable bonds is 15. The van der Waals surface area contributed by atoms with E-state index in [9.17, 15) is 0 Å². The summed E-state index contributed by atoms with van der Waals surface area (Å²) in [6.45, 7) is 4.58. The van der Waals surface area contributed by atoms with E-state index in [4.69, 9.17) is 0 Å². The number of hydrogen-bond acceptors (Lipinski definition) is 0. The summed E-state index contributed by atoms with van der Waals surface area (Å²) in [6, 6.07) is 13.4. The van der Waals surface area contributed by atoms with Crippen LogP contribution in [0.1, 0.15) is 102 Å². The number of benzene rings is 1. The smallest absolute Gasteiger partial charge is 0.0228 e. The number of aromatic amines is 1. The highest BCUT2D eigenvalue weighted by Gasteiger charge is 2.10. The van der Waals surface area contributed by atoms with Crippen molar-refractivity contribution in [2.45, 2.75) is 104 Å². The molecule has 0 spiro atoms. The Morgan fingerprint density at radius 1 is 0.630 bits per heavy atom. The van der Waals surface area contributed by atoms with Gasteiger partial charge in [0.15, 0.2) is 0 Å². The molecule has 1 nitrogen and oxygen atoms in total. The van der Waals surface area contributed by atoms with E-state index >= 15 is 0 Å². The van der Waals surface area contributed by atoms with Crippen molar-refractivity contribution < 1.29 is 0 Å². The number of aromatic nitrogens is 1. The summed E-state index contributed by atoms with van der Waals surface area (Å²) in [5, 5.41) is 0. The lowest BCUT2D eigenvalue weighted by atomic mass is 10.0. The quantitative estimate of drug-likeness (QED) is 0.304. The zero-order valence-electron chi connectivity index (χ0n) is 17.9. The Bertz CT molecular complexity index is 596. The van der Waals surface area contributed by atoms with E-state index < -0.39 is 0 Å². The first kappa shape index (κ1) is 21.8. The van der Waals surface area contributed by atoms with E-state index in [0.29, 0.717) is 0 Å². The van der Waals surface area contributed by atoms with Crippen molar-refractivity contribution in [1.29, 1.82) is 0 Å². The van der Waals surface area contributed by atoms with Gasteiger partial charge in [0.05, 0.1) is 0 Å². The van der Waals surface area contributed by atoms with Gasteiger partial charge in [0, 0.05) is 17.0 Å². The van der Waals surface area contributed by atoms with Gasteiger partial charge in [-0.1, -0.05) is 108 Å². The fourth-order valence-electron chi connectivity index (χ4n) is 3.94. The third-order valence-electron chi connectivity index (χ3n) is 5.62. The molecule has 0 saturated carbocycles. The second-order valence-corrected chi connectivity index (χ2v) is 8.09. The van der Waals surface area contributed by atoms with Gasteiger partial charge in [-0.25, -0.2) is 0 Å². The summed E-state index contributed by atoms with van der Waals surface area (Å²) in [5.74, 6) is 0. The van der Waals surface area contributed by atoms with Crippen molar-refractivity contribution in [2.75, 3.05) is 0 Å². The largest absolute Gasteiger partial charge is 0.362 e. The van der Waals surface area contributed by atoms with Crippen molar-refractivity contribution in [3.05, 3.63) is 47.8 Å². The SMILES string of the molecule is CCCCCCCCc1cc(-c2ccccc2)c(CCCCCCCC)[nH]1. The van der Waals surface area contributed by atoms with Crippen LogP contribution in [0, 0.1) is 0 Å². The zero-order valence-corrected chi connectivity index (χ0v) is 17.9. The summed E-state index contributed by atoms with van der Waals surface area (Å²) in [7, 11) is 0. The van der Waals surface area contributed by atoms with Crippen LogP contribution in [0.15, 0.2) is 36.4 Å². The highest BCUT2D eigenvalue weighted by molar-refractivity contribution is 5.67. The molecule has 0 amide bonds. The van der Waals surface area contributed by atoms with Crippen molar-refractivity contribution in [2.24, 2.45) is 0 Å². The molecule has 0 aliphatic rings. The Morgan fingerprint density at radius 2 is 1.19 bits per heavy atom. The zero-order chi connectivity index (χ0) is 19.2. The van der Waals surface area contributed by atoms with E-state index in [1.165, 1.54) is 112 Å². The maximum Gasteiger partial charge on any atom is 0.0228 e. The topological polar surface area (TPSA) is 15.8 Å². The lowest BCUT2D eigenvalue weighted by Gasteiger charge is -2.05. The fourth-order valence-corrected chi connectivity index (χ4v) is 3.94. The standard InChI is InChI=1S/C26H41N/c1-3-5-7-9-11-16-20-24-22-25(23-18-14-13-15-19-23)26(27-24)21-17-12-10-8-6-4-2/h13-15,18-19,22,27H,3-12,16-17,20-21H2,1-2H3. The van der Waals surface area contributed by atoms with Crippen LogP contribution in [0.25, 0.3) is 11.1 Å². The Labute approximate surface area is 168 Å². The Kier molecular flexibility index (Phi) is 11.0. The van der Waals surface area contributed by atoms with Crippen LogP contribution in [0.5, 0.6) is 0 Å². The van der Waals surface area contributed by atoms with Crippen LogP contribution in [0.4, 0.5) is 0 Å². The first-order chi connectivity index (χ1) is 13.3. The minimum atomic E-state index is 1.19. The summed E-state index contributed by atoms with van der Waals surface area (Å²) >= 11 is 0. The fraction of sp³-hybridized carbons (Fsp3) is 0.615. The van der Waals surface area contributed by atoms with Gasteiger partial charge in [-0.3, -0.25) is 0 Å². The van der Waals surface area contributed by atoms with Crippen molar-refractivity contribution >= 4 is 0 Å². The van der Waals surface area contributed by atoms with Crippen molar-refractivity contribution in [3.63, 3.8) is 0 Å². The molecule has 2 rings (SSSR count). The first-order valence-corrected chi connectivity index (χ1v) is 11.6. The second kappa shape index (κ2) is 13.6. The summed E-state index contributed by atoms with van der Waals surface area (Å²) in [4.78, 5) is 3.78. The van der Waals surface area contributed by atoms with Crippen LogP contribution in [-0.2, 0) is 12.8 Å². The molecule has 0 aliphatic carbocycles. The van der Waals surface area contributed by atoms with E-state index in [-0.39, 0.29) is 0 Å². The Morgan fingerprint density at radius 3 is 1.81 bits per heavy atom. The summed E-state index contributed by atoms with van der Waals surface area (Å²) in [5.41, 5.74) is 5.69. The molecular formula is C26H41N. The summed E-state index contributed by atoms with van der Waals surface area (Å²) in [6.07, 6.45) is 18.8. The Hall–Kier alpha value is -1.50. The van der Waals surface area contributed by atoms with Gasteiger partial charge >= 0.3 is 0 Å². The van der Waals surface area contributed by atoms with Gasteiger partial charge in [0.25, 0.3) is 0 Å². The van der Waals surface area contributed by atoms with Gasteiger partial charge in [0.2, 0.25) is 0 Å². The molecule has 27 heavy (non-hydrogen) atoms. The average Bonchev–Trinajstić information content (AvgIpc) is 3.11. The number of hydrogen-bond donors (Lipinski definition) is 1. The van der Waals surface area contributed by atoms with Crippen LogP contribution in [0.2, 0.25) is 0 Å². The Balaban J connectivity index is 1.89. The minimum absolute atomic E-state index is 1.19. The third-order valence-corrected chi connectivity index (χ3v) is 5.62. The molecule has 0 bridgehead atoms. The predicted octanol–water partition coefficient (Wildman–Crippen LogP) is 8.49. The molecular weight excluding hydrogens is 326 g/mol. The summed E-state index contributed by atoms with van der Waals surface area (Å²) < 4.78 is 0. The van der Waals surface area contributed by atoms with Gasteiger partial charge in [-0.2, -0.15) is 0 Å². The molecule has 1 heterocycles. The molecule has 0 radical (unpaired) electrons. The lowest BCUT2D eigenvalue weighted by Crippen LogP contribution is -1.91. The van der Waals surface area contributed by atoms with Crippen LogP contribution in [0.3, 0.4) is 0 Å². The minimum Gasteiger partial charge on any atom is -0.362 e. The molecule has 150 valence electrons. The number of nitrogens with one attached hydrogen (secondary N) is 1. The second-order valence-electron chi connectivity index (χ2n) is 8.09. The monoisotopic (exact) mass is 367 g/mol. The molecule has 2 aromatic rings. The van der Waals surface area contributed by atoms with Gasteiger partial charge in [-0.15, -0.1) is 0 Å². The maximum atomic E-state index is 3.78. The van der Waals surface area contributed by atoms with Crippen LogP contribution in [-0.4, -0.2) is 4.98 Å². The maximum absolute atomic E-state index is 3.78. The average molecular weight is 368 g/mol. The lowest BCUT2D eigenvalue weighted by molar-refractivity contribution is 0.601. The van der Waals surface area contributed by atoms with Gasteiger partial charge in [0.1, 0.15) is 0 Å². The molecule has 0 atom stereocenters. The number of unbranched alkanes of at least 4 members (excludes halogenated alkanes) is 10. The highest BCUT2D eigenvalue weighted by Crippen LogP contribution is 2.27. The predicted molar refractivity (Wildman–Crippen MR) is 120 cm³/mol. The molecule has 1 N–H and O–H groups in total. The molecule has 0 unspecified atom stereocenters.